The third-order valence-corrected chi connectivity index (χ3v) is 5.28. The number of carbonyl (C=O) groups excluding carboxylic acids is 2. The number of benzene rings is 2. The number of ether oxygens (including phenoxy) is 2. The van der Waals surface area contributed by atoms with E-state index in [0.717, 1.165) is 31.2 Å². The van der Waals surface area contributed by atoms with Crippen molar-refractivity contribution in [3.8, 4) is 5.75 Å². The van der Waals surface area contributed by atoms with E-state index in [0.29, 0.717) is 23.8 Å². The fourth-order valence-corrected chi connectivity index (χ4v) is 3.52. The maximum atomic E-state index is 12.4. The van der Waals surface area contributed by atoms with Gasteiger partial charge in [-0.2, -0.15) is 0 Å². The first kappa shape index (κ1) is 24.2. The Kier molecular flexibility index (Phi) is 9.34. The van der Waals surface area contributed by atoms with Crippen molar-refractivity contribution in [3.63, 3.8) is 0 Å². The van der Waals surface area contributed by atoms with E-state index in [1.165, 1.54) is 0 Å². The van der Waals surface area contributed by atoms with Crippen molar-refractivity contribution in [2.24, 2.45) is 17.6 Å². The number of guanidine groups is 1. The molecule has 0 saturated heterocycles. The van der Waals surface area contributed by atoms with Gasteiger partial charge in [0.1, 0.15) is 12.4 Å². The second kappa shape index (κ2) is 12.0. The van der Waals surface area contributed by atoms with Gasteiger partial charge in [-0.25, -0.2) is 4.79 Å². The topological polar surface area (TPSA) is 115 Å². The van der Waals surface area contributed by atoms with E-state index >= 15 is 0 Å². The molecule has 0 spiro atoms. The van der Waals surface area contributed by atoms with Gasteiger partial charge in [0.25, 0.3) is 0 Å². The summed E-state index contributed by atoms with van der Waals surface area (Å²) in [6, 6.07) is 15.9. The normalized spacial score (nSPS) is 17.7. The summed E-state index contributed by atoms with van der Waals surface area (Å²) in [5.41, 5.74) is 6.64. The predicted octanol–water partition coefficient (Wildman–Crippen LogP) is 3.66. The van der Waals surface area contributed by atoms with Crippen LogP contribution in [0.1, 0.15) is 41.6 Å². The van der Waals surface area contributed by atoms with Gasteiger partial charge in [0.2, 0.25) is 0 Å². The zero-order chi connectivity index (χ0) is 21.3. The second-order valence-corrected chi connectivity index (χ2v) is 7.52. The minimum atomic E-state index is -0.422. The lowest BCUT2D eigenvalue weighted by Gasteiger charge is -2.27. The molecule has 1 fully saturated rings. The van der Waals surface area contributed by atoms with Gasteiger partial charge >= 0.3 is 11.9 Å². The summed E-state index contributed by atoms with van der Waals surface area (Å²) in [4.78, 5) is 24.6. The molecule has 1 aliphatic carbocycles. The van der Waals surface area contributed by atoms with Crippen LogP contribution in [0.15, 0.2) is 54.6 Å². The first-order chi connectivity index (χ1) is 14.5. The smallest absolute Gasteiger partial charge is 0.338 e. The van der Waals surface area contributed by atoms with Crippen molar-refractivity contribution < 1.29 is 19.1 Å². The van der Waals surface area contributed by atoms with Crippen LogP contribution in [-0.4, -0.2) is 24.4 Å². The van der Waals surface area contributed by atoms with E-state index in [4.69, 9.17) is 20.6 Å². The lowest BCUT2D eigenvalue weighted by molar-refractivity contribution is -0.140. The molecule has 0 heterocycles. The molecule has 1 saturated carbocycles. The standard InChI is InChI=1S/C23H27N3O4.ClH/c24-23(25)26-14-16-6-8-19(9-7-16)22(28)30-20-12-10-18(11-13-20)21(27)29-15-17-4-2-1-3-5-17;/h1-5,10-13,16,19H,6-9,14-15H2,(H4,24,25,26);1H/t16-,19-;. The van der Waals surface area contributed by atoms with Crippen LogP contribution >= 0.6 is 12.4 Å². The van der Waals surface area contributed by atoms with Gasteiger partial charge in [-0.15, -0.1) is 12.4 Å². The van der Waals surface area contributed by atoms with E-state index in [-0.39, 0.29) is 36.9 Å². The summed E-state index contributed by atoms with van der Waals surface area (Å²) in [5.74, 6) is 0.0127. The summed E-state index contributed by atoms with van der Waals surface area (Å²) in [7, 11) is 0. The number of hydrogen-bond donors (Lipinski definition) is 3. The Morgan fingerprint density at radius 2 is 1.65 bits per heavy atom. The van der Waals surface area contributed by atoms with Crippen LogP contribution in [-0.2, 0) is 16.1 Å². The highest BCUT2D eigenvalue weighted by Crippen LogP contribution is 2.29. The Hall–Kier alpha value is -3.06. The molecule has 0 bridgehead atoms. The summed E-state index contributed by atoms with van der Waals surface area (Å²) < 4.78 is 10.8. The summed E-state index contributed by atoms with van der Waals surface area (Å²) in [5, 5.41) is 10.1. The third kappa shape index (κ3) is 7.61. The molecule has 1 aliphatic rings. The van der Waals surface area contributed by atoms with E-state index in [2.05, 4.69) is 5.32 Å². The summed E-state index contributed by atoms with van der Waals surface area (Å²) in [6.07, 6.45) is 3.30. The van der Waals surface area contributed by atoms with Crippen LogP contribution in [0.3, 0.4) is 0 Å². The van der Waals surface area contributed by atoms with Crippen LogP contribution in [0.5, 0.6) is 5.75 Å². The molecule has 0 atom stereocenters. The van der Waals surface area contributed by atoms with Gasteiger partial charge in [-0.05, 0) is 61.4 Å². The van der Waals surface area contributed by atoms with Crippen molar-refractivity contribution >= 4 is 30.3 Å². The van der Waals surface area contributed by atoms with E-state index < -0.39 is 5.97 Å². The molecule has 0 unspecified atom stereocenters. The van der Waals surface area contributed by atoms with Crippen LogP contribution < -0.4 is 15.8 Å². The van der Waals surface area contributed by atoms with Gasteiger partial charge in [0.15, 0.2) is 5.96 Å². The highest BCUT2D eigenvalue weighted by Gasteiger charge is 2.27. The SMILES string of the molecule is Cl.N=C(N)NC[C@H]1CC[C@H](C(=O)Oc2ccc(C(=O)OCc3ccccc3)cc2)CC1. The average Bonchev–Trinajstić information content (AvgIpc) is 2.77. The Balaban J connectivity index is 0.00000341. The quantitative estimate of drug-likeness (QED) is 0.259. The first-order valence-electron chi connectivity index (χ1n) is 10.1. The minimum Gasteiger partial charge on any atom is -0.457 e. The minimum absolute atomic E-state index is 0. The number of rotatable bonds is 7. The fourth-order valence-electron chi connectivity index (χ4n) is 3.52. The highest BCUT2D eigenvalue weighted by atomic mass is 35.5. The Morgan fingerprint density at radius 1 is 1.00 bits per heavy atom. The number of nitrogens with two attached hydrogens (primary N) is 1. The molecule has 8 heteroatoms. The van der Waals surface area contributed by atoms with Crippen LogP contribution in [0.2, 0.25) is 0 Å². The molecule has 166 valence electrons. The van der Waals surface area contributed by atoms with E-state index in [1.54, 1.807) is 24.3 Å². The maximum Gasteiger partial charge on any atom is 0.338 e. The van der Waals surface area contributed by atoms with Gasteiger partial charge in [-0.3, -0.25) is 10.2 Å². The Morgan fingerprint density at radius 3 is 2.26 bits per heavy atom. The molecule has 0 amide bonds. The molecule has 2 aromatic rings. The predicted molar refractivity (Wildman–Crippen MR) is 120 cm³/mol. The lowest BCUT2D eigenvalue weighted by atomic mass is 9.82. The monoisotopic (exact) mass is 445 g/mol. The second-order valence-electron chi connectivity index (χ2n) is 7.52. The van der Waals surface area contributed by atoms with Crippen LogP contribution in [0.4, 0.5) is 0 Å². The van der Waals surface area contributed by atoms with Gasteiger partial charge in [0, 0.05) is 6.54 Å². The fraction of sp³-hybridized carbons (Fsp3) is 0.348. The molecule has 0 aromatic heterocycles. The van der Waals surface area contributed by atoms with Crippen molar-refractivity contribution in [1.29, 1.82) is 5.41 Å². The van der Waals surface area contributed by atoms with Crippen molar-refractivity contribution in [3.05, 3.63) is 65.7 Å². The maximum absolute atomic E-state index is 12.4. The largest absolute Gasteiger partial charge is 0.457 e. The van der Waals surface area contributed by atoms with Gasteiger partial charge in [0.05, 0.1) is 11.5 Å². The molecule has 0 aliphatic heterocycles. The van der Waals surface area contributed by atoms with E-state index in [1.807, 2.05) is 30.3 Å². The number of hydrogen-bond acceptors (Lipinski definition) is 5. The summed E-state index contributed by atoms with van der Waals surface area (Å²) >= 11 is 0. The first-order valence-corrected chi connectivity index (χ1v) is 10.1. The van der Waals surface area contributed by atoms with Crippen molar-refractivity contribution in [2.75, 3.05) is 6.54 Å². The molecule has 7 nitrogen and oxygen atoms in total. The number of halogens is 1. The Labute approximate surface area is 188 Å². The molecule has 0 radical (unpaired) electrons. The van der Waals surface area contributed by atoms with Crippen molar-refractivity contribution in [1.82, 2.24) is 5.32 Å². The molecular formula is C23H28ClN3O4. The highest BCUT2D eigenvalue weighted by molar-refractivity contribution is 5.89. The zero-order valence-electron chi connectivity index (χ0n) is 17.2. The summed E-state index contributed by atoms with van der Waals surface area (Å²) in [6.45, 7) is 0.875. The van der Waals surface area contributed by atoms with Crippen LogP contribution in [0, 0.1) is 17.2 Å². The molecule has 3 rings (SSSR count). The number of carbonyl (C=O) groups is 2. The van der Waals surface area contributed by atoms with Crippen LogP contribution in [0.25, 0.3) is 0 Å². The zero-order valence-corrected chi connectivity index (χ0v) is 18.0. The lowest BCUT2D eigenvalue weighted by Crippen LogP contribution is -2.36. The number of nitrogens with one attached hydrogen (secondary N) is 2. The van der Waals surface area contributed by atoms with Gasteiger partial charge < -0.3 is 20.5 Å². The third-order valence-electron chi connectivity index (χ3n) is 5.28. The molecule has 31 heavy (non-hydrogen) atoms. The average molecular weight is 446 g/mol. The van der Waals surface area contributed by atoms with Gasteiger partial charge in [-0.1, -0.05) is 30.3 Å². The Bertz CT molecular complexity index is 866. The molecule has 4 N–H and O–H groups in total. The van der Waals surface area contributed by atoms with E-state index in [9.17, 15) is 9.59 Å². The molecular weight excluding hydrogens is 418 g/mol. The van der Waals surface area contributed by atoms with Crippen molar-refractivity contribution in [2.45, 2.75) is 32.3 Å². The molecule has 2 aromatic carbocycles. The number of esters is 2.